The fourth-order valence-corrected chi connectivity index (χ4v) is 4.16. The Morgan fingerprint density at radius 1 is 1.25 bits per heavy atom. The molecule has 2 aromatic heterocycles. The molecule has 32 heavy (non-hydrogen) atoms. The third-order valence-electron chi connectivity index (χ3n) is 6.06. The van der Waals surface area contributed by atoms with Crippen molar-refractivity contribution in [3.05, 3.63) is 69.8 Å². The average molecular weight is 431 g/mol. The number of pyridine rings is 1. The van der Waals surface area contributed by atoms with E-state index in [-0.39, 0.29) is 11.5 Å². The number of nitrogens with one attached hydrogen (secondary N) is 1. The van der Waals surface area contributed by atoms with Crippen molar-refractivity contribution < 1.29 is 4.79 Å². The number of amides is 1. The second kappa shape index (κ2) is 8.81. The Kier molecular flexibility index (Phi) is 5.93. The van der Waals surface area contributed by atoms with Crippen molar-refractivity contribution in [2.75, 3.05) is 27.2 Å². The Morgan fingerprint density at radius 3 is 2.72 bits per heavy atom. The van der Waals surface area contributed by atoms with Crippen molar-refractivity contribution in [2.45, 2.75) is 25.8 Å². The van der Waals surface area contributed by atoms with Gasteiger partial charge in [-0.1, -0.05) is 6.07 Å². The highest BCUT2D eigenvalue weighted by molar-refractivity contribution is 5.94. The van der Waals surface area contributed by atoms with Gasteiger partial charge in [0, 0.05) is 31.5 Å². The minimum Gasteiger partial charge on any atom is -0.337 e. The maximum absolute atomic E-state index is 13.0. The summed E-state index contributed by atoms with van der Waals surface area (Å²) in [5.74, 6) is 0.372. The number of nitrogens with zero attached hydrogens (tertiary/aromatic N) is 5. The van der Waals surface area contributed by atoms with Crippen LogP contribution in [0.5, 0.6) is 0 Å². The number of carbonyl (C=O) groups excluding carboxylic acids is 1. The molecular weight excluding hydrogens is 404 g/mol. The zero-order valence-corrected chi connectivity index (χ0v) is 18.5. The van der Waals surface area contributed by atoms with E-state index in [0.29, 0.717) is 35.1 Å². The monoisotopic (exact) mass is 430 g/mol. The SMILES string of the molecule is Cc1cc(C#N)ccc1-c1c[nH]n(-c2ccc(C(=O)N3CCC[C@H](N(C)C)C3)cn2)c1=O. The highest BCUT2D eigenvalue weighted by Crippen LogP contribution is 2.22. The van der Waals surface area contributed by atoms with Crippen molar-refractivity contribution in [3.8, 4) is 23.0 Å². The number of benzene rings is 1. The van der Waals surface area contributed by atoms with E-state index in [9.17, 15) is 9.59 Å². The molecule has 1 aliphatic rings. The molecule has 3 heterocycles. The van der Waals surface area contributed by atoms with Gasteiger partial charge in [0.25, 0.3) is 11.5 Å². The Morgan fingerprint density at radius 2 is 2.06 bits per heavy atom. The molecule has 1 fully saturated rings. The number of likely N-dealkylation sites (tertiary alicyclic amines) is 1. The summed E-state index contributed by atoms with van der Waals surface area (Å²) in [5.41, 5.74) is 2.92. The quantitative estimate of drug-likeness (QED) is 0.686. The van der Waals surface area contributed by atoms with E-state index < -0.39 is 0 Å². The van der Waals surface area contributed by atoms with Crippen LogP contribution in [-0.2, 0) is 0 Å². The van der Waals surface area contributed by atoms with Crippen molar-refractivity contribution in [2.24, 2.45) is 0 Å². The van der Waals surface area contributed by atoms with Crippen molar-refractivity contribution >= 4 is 5.91 Å². The topological polar surface area (TPSA) is 98.0 Å². The Bertz CT molecular complexity index is 1230. The highest BCUT2D eigenvalue weighted by atomic mass is 16.2. The number of aromatic nitrogens is 3. The zero-order chi connectivity index (χ0) is 22.8. The fourth-order valence-electron chi connectivity index (χ4n) is 4.16. The molecule has 0 bridgehead atoms. The molecule has 1 atom stereocenters. The second-order valence-corrected chi connectivity index (χ2v) is 8.39. The van der Waals surface area contributed by atoms with Crippen LogP contribution in [0.3, 0.4) is 0 Å². The van der Waals surface area contributed by atoms with Crippen LogP contribution >= 0.6 is 0 Å². The number of nitriles is 1. The Labute approximate surface area is 186 Å². The summed E-state index contributed by atoms with van der Waals surface area (Å²) in [4.78, 5) is 34.3. The van der Waals surface area contributed by atoms with E-state index in [1.807, 2.05) is 25.9 Å². The molecule has 8 nitrogen and oxygen atoms in total. The van der Waals surface area contributed by atoms with Gasteiger partial charge in [-0.25, -0.2) is 9.67 Å². The van der Waals surface area contributed by atoms with Crippen molar-refractivity contribution in [1.82, 2.24) is 24.6 Å². The van der Waals surface area contributed by atoms with Crippen LogP contribution in [0.2, 0.25) is 0 Å². The number of aromatic amines is 1. The molecule has 1 aliphatic heterocycles. The summed E-state index contributed by atoms with van der Waals surface area (Å²) in [6, 6.07) is 11.1. The molecule has 1 saturated heterocycles. The Hall–Kier alpha value is -3.70. The normalized spacial score (nSPS) is 16.2. The van der Waals surface area contributed by atoms with Crippen LogP contribution in [0.25, 0.3) is 16.9 Å². The molecule has 3 aromatic rings. The van der Waals surface area contributed by atoms with Crippen LogP contribution in [0, 0.1) is 18.3 Å². The van der Waals surface area contributed by atoms with Crippen LogP contribution in [0.15, 0.2) is 47.5 Å². The predicted molar refractivity (Wildman–Crippen MR) is 122 cm³/mol. The third kappa shape index (κ3) is 4.07. The van der Waals surface area contributed by atoms with Gasteiger partial charge in [-0.15, -0.1) is 0 Å². The van der Waals surface area contributed by atoms with Gasteiger partial charge in [0.2, 0.25) is 0 Å². The summed E-state index contributed by atoms with van der Waals surface area (Å²) in [5, 5.41) is 12.0. The molecule has 0 aliphatic carbocycles. The number of rotatable bonds is 4. The molecule has 0 unspecified atom stereocenters. The van der Waals surface area contributed by atoms with Gasteiger partial charge in [-0.05, 0) is 69.3 Å². The van der Waals surface area contributed by atoms with E-state index in [1.54, 1.807) is 36.5 Å². The lowest BCUT2D eigenvalue weighted by Crippen LogP contribution is -2.47. The maximum Gasteiger partial charge on any atom is 0.280 e. The standard InChI is InChI=1S/C24H26N6O2/c1-16-11-17(12-25)6-8-20(16)21-14-27-30(24(21)32)22-9-7-18(13-26-22)23(31)29-10-4-5-19(15-29)28(2)3/h6-9,11,13-14,19,27H,4-5,10,15H2,1-3H3/t19-/m0/s1. The van der Waals surface area contributed by atoms with E-state index in [4.69, 9.17) is 5.26 Å². The van der Waals surface area contributed by atoms with Crippen LogP contribution in [0.1, 0.15) is 34.3 Å². The van der Waals surface area contributed by atoms with E-state index >= 15 is 0 Å². The first-order chi connectivity index (χ1) is 15.4. The minimum absolute atomic E-state index is 0.0386. The van der Waals surface area contributed by atoms with Gasteiger partial charge >= 0.3 is 0 Å². The molecule has 0 saturated carbocycles. The molecule has 0 spiro atoms. The molecule has 4 rings (SSSR count). The molecular formula is C24H26N6O2. The largest absolute Gasteiger partial charge is 0.337 e. The lowest BCUT2D eigenvalue weighted by atomic mass is 10.0. The van der Waals surface area contributed by atoms with E-state index in [1.165, 1.54) is 10.9 Å². The van der Waals surface area contributed by atoms with Crippen molar-refractivity contribution in [3.63, 3.8) is 0 Å². The number of aryl methyl sites for hydroxylation is 1. The van der Waals surface area contributed by atoms with Crippen molar-refractivity contribution in [1.29, 1.82) is 5.26 Å². The second-order valence-electron chi connectivity index (χ2n) is 8.39. The molecule has 164 valence electrons. The summed E-state index contributed by atoms with van der Waals surface area (Å²) in [7, 11) is 4.08. The van der Waals surface area contributed by atoms with Crippen LogP contribution in [0.4, 0.5) is 0 Å². The van der Waals surface area contributed by atoms with Gasteiger partial charge in [0.15, 0.2) is 5.82 Å². The maximum atomic E-state index is 13.0. The average Bonchev–Trinajstić information content (AvgIpc) is 3.19. The van der Waals surface area contributed by atoms with Crippen LogP contribution in [-0.4, -0.2) is 63.7 Å². The number of hydrogen-bond acceptors (Lipinski definition) is 5. The molecule has 1 amide bonds. The molecule has 0 radical (unpaired) electrons. The van der Waals surface area contributed by atoms with Crippen LogP contribution < -0.4 is 5.56 Å². The number of likely N-dealkylation sites (N-methyl/N-ethyl adjacent to an activating group) is 1. The van der Waals surface area contributed by atoms with Gasteiger partial charge in [-0.2, -0.15) is 5.26 Å². The lowest BCUT2D eigenvalue weighted by molar-refractivity contribution is 0.0634. The lowest BCUT2D eigenvalue weighted by Gasteiger charge is -2.36. The predicted octanol–water partition coefficient (Wildman–Crippen LogP) is 2.57. The summed E-state index contributed by atoms with van der Waals surface area (Å²) in [6.45, 7) is 3.32. The first-order valence-corrected chi connectivity index (χ1v) is 10.6. The van der Waals surface area contributed by atoms with Gasteiger partial charge in [-0.3, -0.25) is 14.7 Å². The first kappa shape index (κ1) is 21.5. The highest BCUT2D eigenvalue weighted by Gasteiger charge is 2.25. The summed E-state index contributed by atoms with van der Waals surface area (Å²) >= 11 is 0. The molecule has 1 N–H and O–H groups in total. The number of hydrogen-bond donors (Lipinski definition) is 1. The number of carbonyl (C=O) groups is 1. The molecule has 1 aromatic carbocycles. The van der Waals surface area contributed by atoms with E-state index in [2.05, 4.69) is 21.1 Å². The van der Waals surface area contributed by atoms with Gasteiger partial charge < -0.3 is 9.80 Å². The van der Waals surface area contributed by atoms with Gasteiger partial charge in [0.1, 0.15) is 0 Å². The first-order valence-electron chi connectivity index (χ1n) is 10.6. The van der Waals surface area contributed by atoms with Gasteiger partial charge in [0.05, 0.1) is 22.8 Å². The fraction of sp³-hybridized carbons (Fsp3) is 0.333. The summed E-state index contributed by atoms with van der Waals surface area (Å²) < 4.78 is 1.35. The zero-order valence-electron chi connectivity index (χ0n) is 18.5. The number of H-pyrrole nitrogens is 1. The molecule has 8 heteroatoms. The summed E-state index contributed by atoms with van der Waals surface area (Å²) in [6.07, 6.45) is 5.23. The third-order valence-corrected chi connectivity index (χ3v) is 6.06. The number of piperidine rings is 1. The Balaban J connectivity index is 1.56. The van der Waals surface area contributed by atoms with E-state index in [0.717, 1.165) is 30.5 Å². The smallest absolute Gasteiger partial charge is 0.280 e. The minimum atomic E-state index is -0.241.